The highest BCUT2D eigenvalue weighted by Crippen LogP contribution is 2.23. The van der Waals surface area contributed by atoms with E-state index in [1.165, 1.54) is 13.8 Å². The predicted octanol–water partition coefficient (Wildman–Crippen LogP) is -1.27. The number of carbonyl (C=O) groups is 5. The first-order valence-electron chi connectivity index (χ1n) is 13.0. The van der Waals surface area contributed by atoms with Crippen molar-refractivity contribution in [3.63, 3.8) is 0 Å². The Morgan fingerprint density at radius 1 is 0.805 bits per heavy atom. The number of hydrogen-bond acceptors (Lipinski definition) is 14. The molecule has 0 bridgehead atoms. The number of rotatable bonds is 19. The number of aliphatic hydroxyl groups excluding tert-OH is 2. The number of carboxylic acid groups (broad SMARTS) is 1. The molecule has 0 aliphatic rings. The minimum Gasteiger partial charge on any atom is -0.478 e. The first kappa shape index (κ1) is 38.9. The standard InChI is InChI=1S/C24H43N3O12S2/c1-7-23(40,36-9-3)21(34)26-12(5)19(32)38-16(15(29)14(28)11-25)17(18(30)31)39-20(33)13(6)27-22(35)24(41,8-2)37-10-4/h12-17,28-29,40-41H,7-11,25H2,1-6H3,(H,26,34)(H,27,35)(H,30,31)/t12?,13?,14-,15-,16+,17-,23+,24+/m1/s1. The molecule has 0 aromatic heterocycles. The van der Waals surface area contributed by atoms with Crippen LogP contribution >= 0.6 is 25.3 Å². The Bertz CT molecular complexity index is 913. The number of carbonyl (C=O) groups excluding carboxylic acids is 4. The van der Waals surface area contributed by atoms with E-state index >= 15 is 0 Å². The average molecular weight is 630 g/mol. The Hall–Kier alpha value is -2.15. The molecule has 0 saturated heterocycles. The van der Waals surface area contributed by atoms with E-state index in [1.807, 2.05) is 0 Å². The van der Waals surface area contributed by atoms with Gasteiger partial charge in [0.2, 0.25) is 6.10 Å². The van der Waals surface area contributed by atoms with Gasteiger partial charge in [0.15, 0.2) is 16.0 Å². The van der Waals surface area contributed by atoms with Gasteiger partial charge in [-0.05, 0) is 40.5 Å². The fourth-order valence-corrected chi connectivity index (χ4v) is 3.65. The van der Waals surface area contributed by atoms with E-state index in [0.29, 0.717) is 0 Å². The maximum absolute atomic E-state index is 12.8. The first-order valence-corrected chi connectivity index (χ1v) is 13.9. The minimum atomic E-state index is -2.37. The topological polar surface area (TPSA) is 233 Å². The van der Waals surface area contributed by atoms with Crippen LogP contribution in [0.4, 0.5) is 0 Å². The van der Waals surface area contributed by atoms with Crippen molar-refractivity contribution in [1.82, 2.24) is 10.6 Å². The molecule has 8 atom stereocenters. The zero-order valence-corrected chi connectivity index (χ0v) is 25.8. The molecule has 0 radical (unpaired) electrons. The second-order valence-electron chi connectivity index (χ2n) is 8.92. The minimum absolute atomic E-state index is 0.127. The Morgan fingerprint density at radius 2 is 1.20 bits per heavy atom. The molecule has 7 N–H and O–H groups in total. The SMILES string of the molecule is CCO[C@](S)(CC)C(=O)NC(C)C(=O)O[C@@H]([C@H](O)[C@H](O)CN)[C@@H](OC(=O)C(C)NC(=O)[C@@](S)(CC)OCC)C(=O)O. The monoisotopic (exact) mass is 629 g/mol. The maximum atomic E-state index is 12.8. The second-order valence-corrected chi connectivity index (χ2v) is 10.4. The van der Waals surface area contributed by atoms with E-state index in [1.54, 1.807) is 27.7 Å². The molecule has 15 nitrogen and oxygen atoms in total. The molecule has 17 heteroatoms. The lowest BCUT2D eigenvalue weighted by molar-refractivity contribution is -0.194. The summed E-state index contributed by atoms with van der Waals surface area (Å²) in [7, 11) is 0. The maximum Gasteiger partial charge on any atom is 0.349 e. The number of thiol groups is 2. The van der Waals surface area contributed by atoms with Crippen LogP contribution in [0.2, 0.25) is 0 Å². The third-order valence-electron chi connectivity index (χ3n) is 5.85. The highest BCUT2D eigenvalue weighted by molar-refractivity contribution is 7.82. The molecule has 0 aliphatic carbocycles. The number of esters is 2. The van der Waals surface area contributed by atoms with Gasteiger partial charge < -0.3 is 50.6 Å². The van der Waals surface area contributed by atoms with Gasteiger partial charge in [-0.1, -0.05) is 13.8 Å². The van der Waals surface area contributed by atoms with Crippen LogP contribution in [0.3, 0.4) is 0 Å². The molecule has 0 rings (SSSR count). The van der Waals surface area contributed by atoms with Crippen molar-refractivity contribution in [3.05, 3.63) is 0 Å². The van der Waals surface area contributed by atoms with E-state index in [9.17, 15) is 39.3 Å². The molecule has 2 unspecified atom stereocenters. The van der Waals surface area contributed by atoms with Crippen LogP contribution < -0.4 is 16.4 Å². The normalized spacial score (nSPS) is 18.7. The Morgan fingerprint density at radius 3 is 1.51 bits per heavy atom. The average Bonchev–Trinajstić information content (AvgIpc) is 2.93. The van der Waals surface area contributed by atoms with Crippen molar-refractivity contribution in [2.75, 3.05) is 19.8 Å². The lowest BCUT2D eigenvalue weighted by Gasteiger charge is -2.32. The van der Waals surface area contributed by atoms with Gasteiger partial charge in [0.1, 0.15) is 18.2 Å². The summed E-state index contributed by atoms with van der Waals surface area (Å²) in [5.41, 5.74) is 5.37. The largest absolute Gasteiger partial charge is 0.478 e. The molecule has 41 heavy (non-hydrogen) atoms. The number of hydrogen-bond donors (Lipinski definition) is 8. The molecule has 0 aromatic carbocycles. The molecular weight excluding hydrogens is 586 g/mol. The molecule has 0 heterocycles. The Labute approximate surface area is 250 Å². The van der Waals surface area contributed by atoms with E-state index < -0.39 is 82.6 Å². The van der Waals surface area contributed by atoms with Crippen molar-refractivity contribution in [2.45, 2.75) is 101 Å². The third-order valence-corrected chi connectivity index (χ3v) is 7.14. The van der Waals surface area contributed by atoms with E-state index in [-0.39, 0.29) is 26.1 Å². The van der Waals surface area contributed by atoms with Crippen molar-refractivity contribution >= 4 is 55.0 Å². The summed E-state index contributed by atoms with van der Waals surface area (Å²) in [6, 6.07) is -2.87. The fourth-order valence-electron chi connectivity index (χ4n) is 3.26. The van der Waals surface area contributed by atoms with Gasteiger partial charge >= 0.3 is 17.9 Å². The van der Waals surface area contributed by atoms with Gasteiger partial charge in [0.05, 0.1) is 6.10 Å². The Balaban J connectivity index is 5.94. The van der Waals surface area contributed by atoms with Crippen LogP contribution in [-0.4, -0.2) is 111 Å². The molecule has 0 aromatic rings. The van der Waals surface area contributed by atoms with Crippen molar-refractivity contribution < 1.29 is 58.2 Å². The lowest BCUT2D eigenvalue weighted by atomic mass is 10.0. The van der Waals surface area contributed by atoms with Crippen LogP contribution in [0.5, 0.6) is 0 Å². The summed E-state index contributed by atoms with van der Waals surface area (Å²) in [4.78, 5) is 59.7. The van der Waals surface area contributed by atoms with Gasteiger partial charge in [0, 0.05) is 19.8 Å². The number of carboxylic acids is 1. The molecule has 0 fully saturated rings. The zero-order valence-electron chi connectivity index (χ0n) is 24.0. The number of amides is 2. The summed E-state index contributed by atoms with van der Waals surface area (Å²) < 4.78 is 20.8. The van der Waals surface area contributed by atoms with Crippen LogP contribution in [0, 0.1) is 0 Å². The van der Waals surface area contributed by atoms with Gasteiger partial charge in [-0.25, -0.2) is 14.4 Å². The van der Waals surface area contributed by atoms with E-state index in [0.717, 1.165) is 0 Å². The second kappa shape index (κ2) is 17.7. The quantitative estimate of drug-likeness (QED) is 0.0474. The van der Waals surface area contributed by atoms with Crippen molar-refractivity contribution in [3.8, 4) is 0 Å². The predicted molar refractivity (Wildman–Crippen MR) is 151 cm³/mol. The lowest BCUT2D eigenvalue weighted by Crippen LogP contribution is -2.57. The molecule has 0 spiro atoms. The third kappa shape index (κ3) is 11.2. The number of nitrogens with two attached hydrogens (primary N) is 1. The summed E-state index contributed by atoms with van der Waals surface area (Å²) in [6.07, 6.45) is -8.25. The van der Waals surface area contributed by atoms with Crippen LogP contribution in [0.1, 0.15) is 54.4 Å². The number of aliphatic carboxylic acids is 1. The molecule has 2 amide bonds. The van der Waals surface area contributed by atoms with Gasteiger partial charge in [-0.15, -0.1) is 25.3 Å². The molecule has 0 saturated carbocycles. The van der Waals surface area contributed by atoms with Crippen LogP contribution in [0.25, 0.3) is 0 Å². The molecule has 238 valence electrons. The summed E-state index contributed by atoms with van der Waals surface area (Å²) in [5.74, 6) is -5.99. The van der Waals surface area contributed by atoms with Crippen LogP contribution in [-0.2, 0) is 42.9 Å². The van der Waals surface area contributed by atoms with E-state index in [2.05, 4.69) is 35.9 Å². The zero-order chi connectivity index (χ0) is 32.1. The molecule has 0 aliphatic heterocycles. The Kier molecular flexibility index (Phi) is 16.8. The fraction of sp³-hybridized carbons (Fsp3) is 0.792. The smallest absolute Gasteiger partial charge is 0.349 e. The van der Waals surface area contributed by atoms with Crippen LogP contribution in [0.15, 0.2) is 0 Å². The summed E-state index contributed by atoms with van der Waals surface area (Å²) >= 11 is 8.40. The number of nitrogens with one attached hydrogen (secondary N) is 2. The van der Waals surface area contributed by atoms with E-state index in [4.69, 9.17) is 24.7 Å². The number of ether oxygens (including phenoxy) is 4. The highest BCUT2D eigenvalue weighted by atomic mass is 32.1. The van der Waals surface area contributed by atoms with Gasteiger partial charge in [-0.2, -0.15) is 0 Å². The van der Waals surface area contributed by atoms with Gasteiger partial charge in [0.25, 0.3) is 11.8 Å². The number of aliphatic hydroxyl groups is 2. The molecular formula is C24H43N3O12S2. The first-order chi connectivity index (χ1) is 19.0. The van der Waals surface area contributed by atoms with Gasteiger partial charge in [-0.3, -0.25) is 9.59 Å². The van der Waals surface area contributed by atoms with Crippen molar-refractivity contribution in [2.24, 2.45) is 5.73 Å². The van der Waals surface area contributed by atoms with Crippen molar-refractivity contribution in [1.29, 1.82) is 0 Å². The summed E-state index contributed by atoms with van der Waals surface area (Å²) in [6.45, 7) is 8.59. The highest BCUT2D eigenvalue weighted by Gasteiger charge is 2.45. The summed E-state index contributed by atoms with van der Waals surface area (Å²) in [5, 5.41) is 35.0.